The summed E-state index contributed by atoms with van der Waals surface area (Å²) in [5, 5.41) is 0.532. The minimum atomic E-state index is -0.902. The van der Waals surface area contributed by atoms with Gasteiger partial charge in [-0.15, -0.1) is 0 Å². The van der Waals surface area contributed by atoms with Crippen LogP contribution < -0.4 is 5.73 Å². The highest BCUT2D eigenvalue weighted by Gasteiger charge is 2.45. The van der Waals surface area contributed by atoms with Crippen molar-refractivity contribution in [1.82, 2.24) is 19.2 Å². The van der Waals surface area contributed by atoms with Crippen molar-refractivity contribution in [3.63, 3.8) is 0 Å². The molecule has 9 heteroatoms. The third-order valence-electron chi connectivity index (χ3n) is 5.88. The van der Waals surface area contributed by atoms with E-state index in [1.807, 2.05) is 40.9 Å². The van der Waals surface area contributed by atoms with E-state index in [9.17, 15) is 9.59 Å². The van der Waals surface area contributed by atoms with Gasteiger partial charge in [-0.25, -0.2) is 4.98 Å². The summed E-state index contributed by atoms with van der Waals surface area (Å²) in [6.07, 6.45) is 1.86. The maximum Gasteiger partial charge on any atom is 0.253 e. The molecule has 5 rings (SSSR count). The number of nitrogens with zero attached hydrogens (tertiary/aromatic N) is 4. The maximum atomic E-state index is 12.9. The molecule has 0 saturated carbocycles. The first-order chi connectivity index (χ1) is 15.0. The Hall–Kier alpha value is -2.94. The number of halogens is 1. The van der Waals surface area contributed by atoms with Crippen molar-refractivity contribution in [3.8, 4) is 11.3 Å². The highest BCUT2D eigenvalue weighted by atomic mass is 35.5. The van der Waals surface area contributed by atoms with Gasteiger partial charge in [0.1, 0.15) is 22.0 Å². The van der Waals surface area contributed by atoms with Crippen LogP contribution >= 0.6 is 11.6 Å². The van der Waals surface area contributed by atoms with Gasteiger partial charge in [0.15, 0.2) is 0 Å². The highest BCUT2D eigenvalue weighted by molar-refractivity contribution is 6.32. The first kappa shape index (κ1) is 20.0. The number of nitrogens with two attached hydrogens (primary N) is 1. The summed E-state index contributed by atoms with van der Waals surface area (Å²) in [5.41, 5.74) is 8.02. The molecule has 4 heterocycles. The summed E-state index contributed by atoms with van der Waals surface area (Å²) < 4.78 is 6.90. The summed E-state index contributed by atoms with van der Waals surface area (Å²) in [6, 6.07) is 13.0. The molecular weight excluding hydrogens is 418 g/mol. The Balaban J connectivity index is 1.26. The van der Waals surface area contributed by atoms with E-state index in [-0.39, 0.29) is 25.0 Å². The molecule has 2 aromatic heterocycles. The fourth-order valence-electron chi connectivity index (χ4n) is 3.98. The van der Waals surface area contributed by atoms with Gasteiger partial charge in [0.25, 0.3) is 5.91 Å². The lowest BCUT2D eigenvalue weighted by Crippen LogP contribution is -2.68. The van der Waals surface area contributed by atoms with Gasteiger partial charge >= 0.3 is 0 Å². The van der Waals surface area contributed by atoms with Crippen molar-refractivity contribution in [1.29, 1.82) is 0 Å². The lowest BCUT2D eigenvalue weighted by molar-refractivity contribution is -0.155. The normalized spacial score (nSPS) is 18.1. The number of rotatable bonds is 3. The molecule has 31 heavy (non-hydrogen) atoms. The summed E-state index contributed by atoms with van der Waals surface area (Å²) in [7, 11) is 0. The number of carbonyl (C=O) groups excluding carboxylic acids is 2. The Morgan fingerprint density at radius 3 is 2.29 bits per heavy atom. The summed E-state index contributed by atoms with van der Waals surface area (Å²) in [5.74, 6) is -0.159. The summed E-state index contributed by atoms with van der Waals surface area (Å²) >= 11 is 6.48. The summed E-state index contributed by atoms with van der Waals surface area (Å²) in [6.45, 7) is 2.40. The second-order valence-corrected chi connectivity index (χ2v) is 8.35. The van der Waals surface area contributed by atoms with Crippen LogP contribution in [0.4, 0.5) is 0 Å². The predicted molar refractivity (Wildman–Crippen MR) is 116 cm³/mol. The molecule has 3 aromatic rings. The SMILES string of the molecule is NC1(C(=O)N2CCN(C(=O)c3ccc(-c4nc5ccccn5c4Cl)cc3)CC2)COC1. The van der Waals surface area contributed by atoms with Crippen LogP contribution in [-0.4, -0.2) is 75.9 Å². The molecule has 160 valence electrons. The van der Waals surface area contributed by atoms with Gasteiger partial charge in [0.2, 0.25) is 5.91 Å². The second-order valence-electron chi connectivity index (χ2n) is 7.99. The second kappa shape index (κ2) is 7.64. The fraction of sp³-hybridized carbons (Fsp3) is 0.318. The number of benzene rings is 1. The van der Waals surface area contributed by atoms with Crippen LogP contribution in [0.1, 0.15) is 10.4 Å². The zero-order valence-electron chi connectivity index (χ0n) is 16.8. The van der Waals surface area contributed by atoms with Gasteiger partial charge in [-0.1, -0.05) is 29.8 Å². The van der Waals surface area contributed by atoms with E-state index in [0.29, 0.717) is 42.6 Å². The van der Waals surface area contributed by atoms with Crippen LogP contribution in [0.3, 0.4) is 0 Å². The molecular formula is C22H22ClN5O3. The number of aromatic nitrogens is 2. The fourth-order valence-corrected chi connectivity index (χ4v) is 4.27. The molecule has 1 aromatic carbocycles. The van der Waals surface area contributed by atoms with Crippen molar-refractivity contribution in [3.05, 3.63) is 59.4 Å². The van der Waals surface area contributed by atoms with Crippen molar-refractivity contribution in [2.45, 2.75) is 5.54 Å². The molecule has 0 atom stereocenters. The minimum absolute atomic E-state index is 0.0609. The Bertz CT molecular complexity index is 1150. The van der Waals surface area contributed by atoms with E-state index < -0.39 is 5.54 Å². The number of fused-ring (bicyclic) bond motifs is 1. The van der Waals surface area contributed by atoms with Gasteiger partial charge in [-0.3, -0.25) is 14.0 Å². The zero-order valence-corrected chi connectivity index (χ0v) is 17.6. The van der Waals surface area contributed by atoms with E-state index in [1.54, 1.807) is 21.9 Å². The van der Waals surface area contributed by atoms with Crippen molar-refractivity contribution < 1.29 is 14.3 Å². The molecule has 2 amide bonds. The van der Waals surface area contributed by atoms with Crippen LogP contribution in [0.2, 0.25) is 5.15 Å². The lowest BCUT2D eigenvalue weighted by atomic mass is 9.96. The molecule has 0 radical (unpaired) electrons. The van der Waals surface area contributed by atoms with Crippen LogP contribution in [0, 0.1) is 0 Å². The average Bonchev–Trinajstić information content (AvgIpc) is 3.13. The van der Waals surface area contributed by atoms with E-state index >= 15 is 0 Å². The zero-order chi connectivity index (χ0) is 21.6. The molecule has 2 aliphatic rings. The average molecular weight is 440 g/mol. The van der Waals surface area contributed by atoms with Gasteiger partial charge in [-0.2, -0.15) is 0 Å². The number of hydrogen-bond acceptors (Lipinski definition) is 5. The maximum absolute atomic E-state index is 12.9. The molecule has 0 spiro atoms. The van der Waals surface area contributed by atoms with Crippen molar-refractivity contribution in [2.75, 3.05) is 39.4 Å². The molecule has 0 aliphatic carbocycles. The number of imidazole rings is 1. The summed E-state index contributed by atoms with van der Waals surface area (Å²) in [4.78, 5) is 33.5. The number of pyridine rings is 1. The largest absolute Gasteiger partial charge is 0.376 e. The molecule has 2 saturated heterocycles. The molecule has 2 N–H and O–H groups in total. The van der Waals surface area contributed by atoms with Gasteiger partial charge < -0.3 is 20.3 Å². The number of amides is 2. The first-order valence-electron chi connectivity index (χ1n) is 10.1. The topological polar surface area (TPSA) is 93.2 Å². The lowest BCUT2D eigenvalue weighted by Gasteiger charge is -2.43. The monoisotopic (exact) mass is 439 g/mol. The van der Waals surface area contributed by atoms with Crippen LogP contribution in [0.25, 0.3) is 16.9 Å². The Morgan fingerprint density at radius 1 is 1.00 bits per heavy atom. The number of ether oxygens (including phenoxy) is 1. The van der Waals surface area contributed by atoms with Crippen LogP contribution in [-0.2, 0) is 9.53 Å². The van der Waals surface area contributed by atoms with Crippen LogP contribution in [0.15, 0.2) is 48.7 Å². The molecule has 0 bridgehead atoms. The third-order valence-corrected chi connectivity index (χ3v) is 6.24. The Kier molecular flexibility index (Phi) is 4.92. The van der Waals surface area contributed by atoms with E-state index in [4.69, 9.17) is 22.1 Å². The van der Waals surface area contributed by atoms with Crippen molar-refractivity contribution >= 4 is 29.1 Å². The number of carbonyl (C=O) groups is 2. The molecule has 8 nitrogen and oxygen atoms in total. The van der Waals surface area contributed by atoms with Crippen molar-refractivity contribution in [2.24, 2.45) is 5.73 Å². The van der Waals surface area contributed by atoms with Gasteiger partial charge in [0, 0.05) is 43.5 Å². The van der Waals surface area contributed by atoms with E-state index in [0.717, 1.165) is 11.2 Å². The molecule has 2 fully saturated rings. The van der Waals surface area contributed by atoms with Crippen LogP contribution in [0.5, 0.6) is 0 Å². The third kappa shape index (κ3) is 3.46. The number of hydrogen-bond donors (Lipinski definition) is 1. The predicted octanol–water partition coefficient (Wildman–Crippen LogP) is 1.67. The first-order valence-corrected chi connectivity index (χ1v) is 10.5. The standard InChI is InChI=1S/C22H22ClN5O3/c23-19-18(25-17-3-1-2-8-28(17)19)15-4-6-16(7-5-15)20(29)26-9-11-27(12-10-26)21(30)22(24)13-31-14-22/h1-8H,9-14,24H2. The van der Waals surface area contributed by atoms with Gasteiger partial charge in [0.05, 0.1) is 13.2 Å². The highest BCUT2D eigenvalue weighted by Crippen LogP contribution is 2.28. The van der Waals surface area contributed by atoms with E-state index in [2.05, 4.69) is 4.98 Å². The Labute approximate surface area is 184 Å². The minimum Gasteiger partial charge on any atom is -0.376 e. The van der Waals surface area contributed by atoms with E-state index in [1.165, 1.54) is 0 Å². The smallest absolute Gasteiger partial charge is 0.253 e. The molecule has 2 aliphatic heterocycles. The Morgan fingerprint density at radius 2 is 1.68 bits per heavy atom. The molecule has 0 unspecified atom stereocenters. The number of piperazine rings is 1. The van der Waals surface area contributed by atoms with Gasteiger partial charge in [-0.05, 0) is 24.3 Å². The quantitative estimate of drug-likeness (QED) is 0.670.